The molecule has 5 atom stereocenters. The van der Waals surface area contributed by atoms with Gasteiger partial charge in [0, 0.05) is 24.8 Å². The fourth-order valence-corrected chi connectivity index (χ4v) is 4.39. The first-order chi connectivity index (χ1) is 13.6. The normalized spacial score (nSPS) is 35.1. The van der Waals surface area contributed by atoms with Gasteiger partial charge in [-0.15, -0.1) is 0 Å². The van der Waals surface area contributed by atoms with Crippen molar-refractivity contribution in [3.63, 3.8) is 0 Å². The number of hydrogen-bond donors (Lipinski definition) is 0. The maximum atomic E-state index is 13.1. The van der Waals surface area contributed by atoms with Gasteiger partial charge in [-0.05, 0) is 45.6 Å². The molecule has 0 spiro atoms. The van der Waals surface area contributed by atoms with Crippen LogP contribution in [-0.4, -0.2) is 47.9 Å². The van der Waals surface area contributed by atoms with Crippen LogP contribution in [0.25, 0.3) is 0 Å². The minimum Gasteiger partial charge on any atom is -0.465 e. The summed E-state index contributed by atoms with van der Waals surface area (Å²) in [7, 11) is 0. The highest BCUT2D eigenvalue weighted by Crippen LogP contribution is 2.39. The Balaban J connectivity index is 1.97. The van der Waals surface area contributed by atoms with Crippen molar-refractivity contribution in [3.8, 4) is 0 Å². The molecular weight excluding hydrogens is 376 g/mol. The van der Waals surface area contributed by atoms with E-state index in [1.165, 1.54) is 0 Å². The Hall–Kier alpha value is -2.28. The molecule has 3 aliphatic rings. The average molecular weight is 404 g/mol. The highest BCUT2D eigenvalue weighted by molar-refractivity contribution is 6.05. The molecule has 0 amide bonds. The number of carbonyl (C=O) groups is 4. The predicted octanol–water partition coefficient (Wildman–Crippen LogP) is 2.47. The van der Waals surface area contributed by atoms with Gasteiger partial charge in [-0.25, -0.2) is 4.79 Å². The third-order valence-corrected chi connectivity index (χ3v) is 5.91. The van der Waals surface area contributed by atoms with Crippen LogP contribution in [-0.2, 0) is 33.4 Å². The summed E-state index contributed by atoms with van der Waals surface area (Å²) in [6.45, 7) is 9.27. The Labute approximate surface area is 170 Å². The quantitative estimate of drug-likeness (QED) is 0.405. The van der Waals surface area contributed by atoms with Gasteiger partial charge in [-0.2, -0.15) is 0 Å². The van der Waals surface area contributed by atoms with E-state index in [0.29, 0.717) is 18.4 Å². The molecule has 0 N–H and O–H groups in total. The number of fused-ring (bicyclic) bond motifs is 3. The van der Waals surface area contributed by atoms with Crippen LogP contribution in [0.5, 0.6) is 0 Å². The largest absolute Gasteiger partial charge is 0.465 e. The predicted molar refractivity (Wildman–Crippen MR) is 103 cm³/mol. The Kier molecular flexibility index (Phi) is 6.08. The molecule has 0 aliphatic carbocycles. The van der Waals surface area contributed by atoms with Crippen LogP contribution < -0.4 is 0 Å². The lowest BCUT2D eigenvalue weighted by Gasteiger charge is -2.28. The maximum Gasteiger partial charge on any atom is 0.334 e. The zero-order chi connectivity index (χ0) is 21.3. The van der Waals surface area contributed by atoms with E-state index in [4.69, 9.17) is 14.2 Å². The molecular formula is C22H28O7. The monoisotopic (exact) mass is 404 g/mol. The minimum atomic E-state index is -1.29. The minimum absolute atomic E-state index is 0.0361. The van der Waals surface area contributed by atoms with Crippen molar-refractivity contribution < 1.29 is 33.4 Å². The molecule has 3 aliphatic heterocycles. The highest BCUT2D eigenvalue weighted by atomic mass is 16.6. The second kappa shape index (κ2) is 8.22. The Bertz CT molecular complexity index is 780. The van der Waals surface area contributed by atoms with Crippen LogP contribution in [0.1, 0.15) is 52.9 Å². The summed E-state index contributed by atoms with van der Waals surface area (Å²) in [6, 6.07) is 0. The van der Waals surface area contributed by atoms with Crippen LogP contribution in [0.15, 0.2) is 23.8 Å². The third-order valence-electron chi connectivity index (χ3n) is 5.91. The van der Waals surface area contributed by atoms with Crippen molar-refractivity contribution in [2.45, 2.75) is 70.7 Å². The van der Waals surface area contributed by atoms with Gasteiger partial charge in [0.05, 0.1) is 12.2 Å². The average Bonchev–Trinajstić information content (AvgIpc) is 3.10. The number of esters is 2. The molecule has 0 radical (unpaired) electrons. The summed E-state index contributed by atoms with van der Waals surface area (Å²) < 4.78 is 16.5. The number of hydrogen-bond acceptors (Lipinski definition) is 7. The number of rotatable bonds is 3. The van der Waals surface area contributed by atoms with Crippen molar-refractivity contribution in [2.24, 2.45) is 11.8 Å². The van der Waals surface area contributed by atoms with E-state index in [9.17, 15) is 19.2 Å². The van der Waals surface area contributed by atoms with E-state index >= 15 is 0 Å². The van der Waals surface area contributed by atoms with Crippen LogP contribution in [0, 0.1) is 11.8 Å². The standard InChI is InChI=1S/C22H28O7/c1-5-27-21(26)18-16(23)9-13(12(2)3)6-7-14-8-15(28-20(14)25)10-22(4)11-17(24)19(18)29-22/h8,13,15,18-19H,2,5-7,9-11H2,1,3-4H3. The van der Waals surface area contributed by atoms with Crippen LogP contribution in [0.2, 0.25) is 0 Å². The number of carbonyl (C=O) groups excluding carboxylic acids is 4. The topological polar surface area (TPSA) is 96.0 Å². The van der Waals surface area contributed by atoms with Crippen molar-refractivity contribution in [1.29, 1.82) is 0 Å². The van der Waals surface area contributed by atoms with E-state index in [-0.39, 0.29) is 49.3 Å². The number of ether oxygens (including phenoxy) is 3. The molecule has 1 fully saturated rings. The van der Waals surface area contributed by atoms with Gasteiger partial charge in [0.2, 0.25) is 0 Å². The lowest BCUT2D eigenvalue weighted by Crippen LogP contribution is -2.41. The van der Waals surface area contributed by atoms with Crippen LogP contribution in [0.3, 0.4) is 0 Å². The lowest BCUT2D eigenvalue weighted by molar-refractivity contribution is -0.163. The lowest BCUT2D eigenvalue weighted by atomic mass is 9.83. The van der Waals surface area contributed by atoms with Gasteiger partial charge in [0.25, 0.3) is 0 Å². The van der Waals surface area contributed by atoms with Gasteiger partial charge < -0.3 is 14.2 Å². The number of allylic oxidation sites excluding steroid dienone is 1. The van der Waals surface area contributed by atoms with Gasteiger partial charge in [-0.1, -0.05) is 12.2 Å². The second-order valence-electron chi connectivity index (χ2n) is 8.45. The summed E-state index contributed by atoms with van der Waals surface area (Å²) in [6.07, 6.45) is 1.47. The summed E-state index contributed by atoms with van der Waals surface area (Å²) in [5.41, 5.74) is 0.424. The molecule has 0 aromatic heterocycles. The molecule has 7 heteroatoms. The smallest absolute Gasteiger partial charge is 0.334 e. The van der Waals surface area contributed by atoms with Gasteiger partial charge in [0.15, 0.2) is 11.6 Å². The number of ketones is 2. The number of Topliss-reactive ketones (excluding diaryl/α,β-unsaturated/α-hetero) is 2. The van der Waals surface area contributed by atoms with Gasteiger partial charge in [0.1, 0.15) is 18.1 Å². The molecule has 5 unspecified atom stereocenters. The molecule has 3 rings (SSSR count). The fourth-order valence-electron chi connectivity index (χ4n) is 4.39. The van der Waals surface area contributed by atoms with E-state index < -0.39 is 29.7 Å². The summed E-state index contributed by atoms with van der Waals surface area (Å²) in [5.74, 6) is -3.31. The third kappa shape index (κ3) is 4.50. The van der Waals surface area contributed by atoms with Crippen molar-refractivity contribution >= 4 is 23.5 Å². The summed E-state index contributed by atoms with van der Waals surface area (Å²) in [4.78, 5) is 50.7. The van der Waals surface area contributed by atoms with Crippen molar-refractivity contribution in [3.05, 3.63) is 23.8 Å². The Morgan fingerprint density at radius 2 is 2.03 bits per heavy atom. The van der Waals surface area contributed by atoms with E-state index in [2.05, 4.69) is 6.58 Å². The van der Waals surface area contributed by atoms with Gasteiger partial charge in [-0.3, -0.25) is 14.4 Å². The molecule has 3 heterocycles. The van der Waals surface area contributed by atoms with E-state index in [0.717, 1.165) is 5.57 Å². The highest BCUT2D eigenvalue weighted by Gasteiger charge is 2.52. The molecule has 0 aromatic rings. The van der Waals surface area contributed by atoms with Crippen molar-refractivity contribution in [2.75, 3.05) is 6.61 Å². The fraction of sp³-hybridized carbons (Fsp3) is 0.636. The zero-order valence-electron chi connectivity index (χ0n) is 17.2. The van der Waals surface area contributed by atoms with E-state index in [1.807, 2.05) is 6.92 Å². The maximum absolute atomic E-state index is 13.1. The Morgan fingerprint density at radius 3 is 2.69 bits per heavy atom. The molecule has 4 bridgehead atoms. The first-order valence-electron chi connectivity index (χ1n) is 10.1. The van der Waals surface area contributed by atoms with Crippen LogP contribution in [0.4, 0.5) is 0 Å². The Morgan fingerprint density at radius 1 is 1.31 bits per heavy atom. The van der Waals surface area contributed by atoms with Gasteiger partial charge >= 0.3 is 11.9 Å². The first-order valence-corrected chi connectivity index (χ1v) is 10.1. The van der Waals surface area contributed by atoms with Crippen molar-refractivity contribution in [1.82, 2.24) is 0 Å². The molecule has 7 nitrogen and oxygen atoms in total. The second-order valence-corrected chi connectivity index (χ2v) is 8.45. The SMILES string of the molecule is C=C(C)C1CCC2=CC(CC3(C)CC(=O)C(O3)C(C(=O)OCC)C(=O)C1)OC2=O. The molecule has 0 saturated carbocycles. The molecule has 29 heavy (non-hydrogen) atoms. The molecule has 158 valence electrons. The van der Waals surface area contributed by atoms with Crippen LogP contribution >= 0.6 is 0 Å². The molecule has 0 aromatic carbocycles. The molecule has 1 saturated heterocycles. The summed E-state index contributed by atoms with van der Waals surface area (Å²) >= 11 is 0. The van der Waals surface area contributed by atoms with E-state index in [1.54, 1.807) is 19.9 Å². The first kappa shape index (κ1) is 21.4. The summed E-state index contributed by atoms with van der Waals surface area (Å²) in [5, 5.41) is 0. The zero-order valence-corrected chi connectivity index (χ0v) is 17.2.